The van der Waals surface area contributed by atoms with Gasteiger partial charge in [0.25, 0.3) is 5.56 Å². The van der Waals surface area contributed by atoms with Crippen LogP contribution in [0.5, 0.6) is 0 Å². The van der Waals surface area contributed by atoms with E-state index in [0.717, 1.165) is 22.4 Å². The number of fused-ring (bicyclic) bond motifs is 1. The molecular formula is C22H18F2N4O3. The van der Waals surface area contributed by atoms with Crippen LogP contribution in [0.15, 0.2) is 64.2 Å². The second kappa shape index (κ2) is 7.67. The van der Waals surface area contributed by atoms with Crippen LogP contribution < -0.4 is 16.6 Å². The molecule has 4 rings (SSSR count). The first-order chi connectivity index (χ1) is 14.8. The molecule has 1 amide bonds. The van der Waals surface area contributed by atoms with Gasteiger partial charge >= 0.3 is 5.69 Å². The van der Waals surface area contributed by atoms with Crippen molar-refractivity contribution in [1.29, 1.82) is 0 Å². The van der Waals surface area contributed by atoms with Gasteiger partial charge in [0.05, 0.1) is 11.2 Å². The van der Waals surface area contributed by atoms with E-state index in [0.29, 0.717) is 11.2 Å². The maximum atomic E-state index is 13.4. The highest BCUT2D eigenvalue weighted by Gasteiger charge is 2.20. The third-order valence-electron chi connectivity index (χ3n) is 5.09. The Morgan fingerprint density at radius 3 is 2.16 bits per heavy atom. The Bertz CT molecular complexity index is 1420. The lowest BCUT2D eigenvalue weighted by Gasteiger charge is -2.13. The summed E-state index contributed by atoms with van der Waals surface area (Å²) in [5.41, 5.74) is 0.507. The van der Waals surface area contributed by atoms with Gasteiger partial charge in [-0.3, -0.25) is 14.2 Å². The highest BCUT2D eigenvalue weighted by Crippen LogP contribution is 2.16. The summed E-state index contributed by atoms with van der Waals surface area (Å²) in [6.45, 7) is 1.40. The van der Waals surface area contributed by atoms with E-state index in [1.165, 1.54) is 41.0 Å². The van der Waals surface area contributed by atoms with Crippen molar-refractivity contribution in [1.82, 2.24) is 13.7 Å². The van der Waals surface area contributed by atoms with Crippen LogP contribution in [0.2, 0.25) is 0 Å². The second-order valence-electron chi connectivity index (χ2n) is 7.12. The third-order valence-corrected chi connectivity index (χ3v) is 5.09. The predicted octanol–water partition coefficient (Wildman–Crippen LogP) is 2.72. The number of carbonyl (C=O) groups is 1. The molecule has 0 radical (unpaired) electrons. The van der Waals surface area contributed by atoms with Crippen molar-refractivity contribution in [3.63, 3.8) is 0 Å². The fourth-order valence-electron chi connectivity index (χ4n) is 3.43. The largest absolute Gasteiger partial charge is 0.342 e. The van der Waals surface area contributed by atoms with Crippen LogP contribution in [0, 0.1) is 18.6 Å². The first-order valence-electron chi connectivity index (χ1n) is 9.39. The molecule has 0 aliphatic rings. The lowest BCUT2D eigenvalue weighted by Crippen LogP contribution is -2.41. The molecule has 0 saturated carbocycles. The highest BCUT2D eigenvalue weighted by molar-refractivity contribution is 5.91. The van der Waals surface area contributed by atoms with Crippen molar-refractivity contribution in [3.05, 3.63) is 92.8 Å². The molecule has 0 spiro atoms. The van der Waals surface area contributed by atoms with Gasteiger partial charge < -0.3 is 9.88 Å². The summed E-state index contributed by atoms with van der Waals surface area (Å²) in [4.78, 5) is 39.0. The van der Waals surface area contributed by atoms with Crippen LogP contribution >= 0.6 is 0 Å². The van der Waals surface area contributed by atoms with Crippen LogP contribution in [-0.4, -0.2) is 19.6 Å². The molecule has 31 heavy (non-hydrogen) atoms. The number of aryl methyl sites for hydroxylation is 2. The molecule has 0 aliphatic carbocycles. The Labute approximate surface area is 174 Å². The Morgan fingerprint density at radius 2 is 1.55 bits per heavy atom. The van der Waals surface area contributed by atoms with Crippen molar-refractivity contribution >= 4 is 22.6 Å². The van der Waals surface area contributed by atoms with Gasteiger partial charge in [-0.05, 0) is 61.5 Å². The van der Waals surface area contributed by atoms with E-state index in [1.807, 2.05) is 0 Å². The highest BCUT2D eigenvalue weighted by atomic mass is 19.1. The molecule has 7 nitrogen and oxygen atoms in total. The Morgan fingerprint density at radius 1 is 0.968 bits per heavy atom. The van der Waals surface area contributed by atoms with Crippen LogP contribution in [0.1, 0.15) is 5.69 Å². The van der Waals surface area contributed by atoms with E-state index in [9.17, 15) is 23.2 Å². The molecule has 1 N–H and O–H groups in total. The number of anilines is 1. The summed E-state index contributed by atoms with van der Waals surface area (Å²) in [6.07, 6.45) is 0. The van der Waals surface area contributed by atoms with E-state index in [1.54, 1.807) is 24.6 Å². The molecule has 2 aromatic carbocycles. The summed E-state index contributed by atoms with van der Waals surface area (Å²) in [5, 5.41) is 2.60. The lowest BCUT2D eigenvalue weighted by molar-refractivity contribution is -0.116. The molecular weight excluding hydrogens is 406 g/mol. The minimum atomic E-state index is -0.732. The number of hydrogen-bond donors (Lipinski definition) is 1. The molecule has 0 unspecified atom stereocenters. The van der Waals surface area contributed by atoms with Crippen LogP contribution in [-0.2, 0) is 18.4 Å². The Hall–Kier alpha value is -4.01. The fraction of sp³-hybridized carbons (Fsp3) is 0.136. The molecule has 0 atom stereocenters. The normalized spacial score (nSPS) is 11.1. The fourth-order valence-corrected chi connectivity index (χ4v) is 3.43. The Kier molecular flexibility index (Phi) is 5.02. The van der Waals surface area contributed by atoms with Gasteiger partial charge in [-0.2, -0.15) is 0 Å². The standard InChI is InChI=1S/C22H18F2N4O3/c1-13-11-18-20(26(13)2)21(30)28(17-9-5-15(24)6-10-17)22(31)27(18)12-19(29)25-16-7-3-14(23)4-8-16/h3-11H,12H2,1-2H3,(H,25,29). The minimum Gasteiger partial charge on any atom is -0.342 e. The average molecular weight is 424 g/mol. The maximum absolute atomic E-state index is 13.4. The second-order valence-corrected chi connectivity index (χ2v) is 7.12. The zero-order chi connectivity index (χ0) is 22.3. The first kappa shape index (κ1) is 20.3. The number of nitrogens with zero attached hydrogens (tertiary/aromatic N) is 3. The number of nitrogens with one attached hydrogen (secondary N) is 1. The number of halogens is 2. The topological polar surface area (TPSA) is 78.0 Å². The van der Waals surface area contributed by atoms with Crippen molar-refractivity contribution in [2.75, 3.05) is 5.32 Å². The van der Waals surface area contributed by atoms with Crippen molar-refractivity contribution < 1.29 is 13.6 Å². The smallest absolute Gasteiger partial charge is 0.336 e. The molecule has 2 heterocycles. The third kappa shape index (κ3) is 3.65. The van der Waals surface area contributed by atoms with E-state index in [4.69, 9.17) is 0 Å². The molecule has 0 aliphatic heterocycles. The van der Waals surface area contributed by atoms with Crippen LogP contribution in [0.3, 0.4) is 0 Å². The van der Waals surface area contributed by atoms with Crippen molar-refractivity contribution in [3.8, 4) is 5.69 Å². The number of carbonyl (C=O) groups excluding carboxylic acids is 1. The number of benzene rings is 2. The first-order valence-corrected chi connectivity index (χ1v) is 9.39. The molecule has 0 bridgehead atoms. The molecule has 158 valence electrons. The Balaban J connectivity index is 1.85. The van der Waals surface area contributed by atoms with E-state index >= 15 is 0 Å². The predicted molar refractivity (Wildman–Crippen MR) is 113 cm³/mol. The zero-order valence-corrected chi connectivity index (χ0v) is 16.7. The van der Waals surface area contributed by atoms with Crippen molar-refractivity contribution in [2.45, 2.75) is 13.5 Å². The SMILES string of the molecule is Cc1cc2c(c(=O)n(-c3ccc(F)cc3)c(=O)n2CC(=O)Nc2ccc(F)cc2)n1C. The average Bonchev–Trinajstić information content (AvgIpc) is 3.03. The summed E-state index contributed by atoms with van der Waals surface area (Å²) in [6, 6.07) is 11.8. The van der Waals surface area contributed by atoms with Gasteiger partial charge in [-0.15, -0.1) is 0 Å². The van der Waals surface area contributed by atoms with E-state index in [2.05, 4.69) is 5.32 Å². The van der Waals surface area contributed by atoms with Gasteiger partial charge in [-0.25, -0.2) is 18.1 Å². The van der Waals surface area contributed by atoms with Gasteiger partial charge in [0.15, 0.2) is 0 Å². The summed E-state index contributed by atoms with van der Waals surface area (Å²) >= 11 is 0. The van der Waals surface area contributed by atoms with Gasteiger partial charge in [0, 0.05) is 18.4 Å². The maximum Gasteiger partial charge on any atom is 0.336 e. The monoisotopic (exact) mass is 424 g/mol. The molecule has 0 fully saturated rings. The van der Waals surface area contributed by atoms with E-state index < -0.39 is 28.8 Å². The number of aromatic nitrogens is 3. The van der Waals surface area contributed by atoms with Crippen LogP contribution in [0.4, 0.5) is 14.5 Å². The quantitative estimate of drug-likeness (QED) is 0.547. The van der Waals surface area contributed by atoms with E-state index in [-0.39, 0.29) is 17.7 Å². The summed E-state index contributed by atoms with van der Waals surface area (Å²) in [5.74, 6) is -1.48. The number of amides is 1. The van der Waals surface area contributed by atoms with Gasteiger partial charge in [0.1, 0.15) is 23.7 Å². The summed E-state index contributed by atoms with van der Waals surface area (Å²) < 4.78 is 30.2. The molecule has 0 saturated heterocycles. The molecule has 4 aromatic rings. The lowest BCUT2D eigenvalue weighted by atomic mass is 10.3. The zero-order valence-electron chi connectivity index (χ0n) is 16.7. The summed E-state index contributed by atoms with van der Waals surface area (Å²) in [7, 11) is 1.68. The number of hydrogen-bond acceptors (Lipinski definition) is 3. The minimum absolute atomic E-state index is 0.185. The molecule has 2 aromatic heterocycles. The van der Waals surface area contributed by atoms with Crippen LogP contribution in [0.25, 0.3) is 16.7 Å². The molecule has 9 heteroatoms. The van der Waals surface area contributed by atoms with Gasteiger partial charge in [0.2, 0.25) is 5.91 Å². The number of rotatable bonds is 4. The van der Waals surface area contributed by atoms with Crippen molar-refractivity contribution in [2.24, 2.45) is 7.05 Å². The van der Waals surface area contributed by atoms with Gasteiger partial charge in [-0.1, -0.05) is 0 Å².